The van der Waals surface area contributed by atoms with Crippen molar-refractivity contribution in [1.29, 1.82) is 0 Å². The Hall–Kier alpha value is -2.65. The molecule has 2 aliphatic heterocycles. The van der Waals surface area contributed by atoms with Gasteiger partial charge in [0.2, 0.25) is 11.8 Å². The predicted molar refractivity (Wildman–Crippen MR) is 136 cm³/mol. The van der Waals surface area contributed by atoms with Gasteiger partial charge in [0, 0.05) is 30.9 Å². The maximum absolute atomic E-state index is 13.8. The van der Waals surface area contributed by atoms with Crippen molar-refractivity contribution in [2.45, 2.75) is 57.3 Å². The Morgan fingerprint density at radius 3 is 2.71 bits per heavy atom. The minimum absolute atomic E-state index is 0.0412. The van der Waals surface area contributed by atoms with E-state index in [9.17, 15) is 14.4 Å². The molecular formula is C25H28N4O3S2. The number of para-hydroxylation sites is 1. The molecule has 5 rings (SSSR count). The molecule has 7 nitrogen and oxygen atoms in total. The molecule has 2 aromatic heterocycles. The highest BCUT2D eigenvalue weighted by atomic mass is 32.2. The Labute approximate surface area is 206 Å². The van der Waals surface area contributed by atoms with Crippen LogP contribution in [0.15, 0.2) is 40.3 Å². The molecule has 178 valence electrons. The zero-order valence-corrected chi connectivity index (χ0v) is 21.1. The molecule has 4 heterocycles. The second kappa shape index (κ2) is 9.54. The zero-order valence-electron chi connectivity index (χ0n) is 19.5. The standard InChI is InChI=1S/C25H28N4O3S2/c1-16-8-6-7-12-28(16)21(31)15-33-25-26-23-22(24(32)29(25)18-9-4-3-5-10-18)19-11-13-27(17(2)30)14-20(19)34-23/h3-5,9-10,16H,6-8,11-15H2,1-2H3/t16-/m0/s1. The van der Waals surface area contributed by atoms with Gasteiger partial charge < -0.3 is 9.80 Å². The highest BCUT2D eigenvalue weighted by Gasteiger charge is 2.28. The van der Waals surface area contributed by atoms with Crippen molar-refractivity contribution in [2.75, 3.05) is 18.8 Å². The molecule has 1 fully saturated rings. The third kappa shape index (κ3) is 4.27. The Kier molecular flexibility index (Phi) is 6.48. The van der Waals surface area contributed by atoms with Crippen LogP contribution >= 0.6 is 23.1 Å². The molecule has 0 saturated carbocycles. The summed E-state index contributed by atoms with van der Waals surface area (Å²) in [5.41, 5.74) is 1.64. The number of fused-ring (bicyclic) bond motifs is 3. The van der Waals surface area contributed by atoms with Crippen LogP contribution in [0, 0.1) is 0 Å². The van der Waals surface area contributed by atoms with Crippen LogP contribution < -0.4 is 5.56 Å². The predicted octanol–water partition coefficient (Wildman–Crippen LogP) is 3.84. The van der Waals surface area contributed by atoms with Gasteiger partial charge in [-0.25, -0.2) is 4.98 Å². The number of benzene rings is 1. The van der Waals surface area contributed by atoms with E-state index in [0.29, 0.717) is 34.9 Å². The lowest BCUT2D eigenvalue weighted by Crippen LogP contribution is -2.43. The van der Waals surface area contributed by atoms with Gasteiger partial charge in [0.25, 0.3) is 5.56 Å². The fourth-order valence-electron chi connectivity index (χ4n) is 4.87. The second-order valence-electron chi connectivity index (χ2n) is 8.97. The number of hydrogen-bond acceptors (Lipinski definition) is 6. The Morgan fingerprint density at radius 1 is 1.18 bits per heavy atom. The number of aromatic nitrogens is 2. The lowest BCUT2D eigenvalue weighted by molar-refractivity contribution is -0.131. The van der Waals surface area contributed by atoms with E-state index in [1.54, 1.807) is 11.5 Å². The zero-order chi connectivity index (χ0) is 23.8. The molecule has 3 aromatic rings. The summed E-state index contributed by atoms with van der Waals surface area (Å²) in [6, 6.07) is 9.75. The number of hydrogen-bond donors (Lipinski definition) is 0. The minimum Gasteiger partial charge on any atom is -0.339 e. The van der Waals surface area contributed by atoms with Crippen LogP contribution in [-0.2, 0) is 22.6 Å². The smallest absolute Gasteiger partial charge is 0.267 e. The van der Waals surface area contributed by atoms with Crippen LogP contribution in [0.4, 0.5) is 0 Å². The van der Waals surface area contributed by atoms with Gasteiger partial charge in [-0.2, -0.15) is 0 Å². The van der Waals surface area contributed by atoms with Crippen molar-refractivity contribution in [3.8, 4) is 5.69 Å². The first-order chi connectivity index (χ1) is 16.4. The minimum atomic E-state index is -0.105. The van der Waals surface area contributed by atoms with Gasteiger partial charge in [0.15, 0.2) is 5.16 Å². The van der Waals surface area contributed by atoms with Crippen LogP contribution in [-0.4, -0.2) is 56.0 Å². The summed E-state index contributed by atoms with van der Waals surface area (Å²) in [6.07, 6.45) is 3.89. The summed E-state index contributed by atoms with van der Waals surface area (Å²) in [4.78, 5) is 49.1. The molecule has 1 aromatic carbocycles. The van der Waals surface area contributed by atoms with E-state index < -0.39 is 0 Å². The Balaban J connectivity index is 1.54. The number of carbonyl (C=O) groups excluding carboxylic acids is 2. The van der Waals surface area contributed by atoms with Crippen molar-refractivity contribution in [1.82, 2.24) is 19.4 Å². The average Bonchev–Trinajstić information content (AvgIpc) is 3.21. The average molecular weight is 497 g/mol. The van der Waals surface area contributed by atoms with Gasteiger partial charge in [-0.15, -0.1) is 11.3 Å². The third-order valence-corrected chi connectivity index (χ3v) is 8.79. The molecule has 2 aliphatic rings. The van der Waals surface area contributed by atoms with E-state index in [2.05, 4.69) is 6.92 Å². The lowest BCUT2D eigenvalue weighted by Gasteiger charge is -2.33. The fourth-order valence-corrected chi connectivity index (χ4v) is 7.05. The SMILES string of the molecule is CC(=O)N1CCc2c(sc3nc(SCC(=O)N4CCCC[C@@H]4C)n(-c4ccccc4)c(=O)c23)C1. The van der Waals surface area contributed by atoms with Gasteiger partial charge >= 0.3 is 0 Å². The monoisotopic (exact) mass is 496 g/mol. The molecular weight excluding hydrogens is 468 g/mol. The quantitative estimate of drug-likeness (QED) is 0.405. The summed E-state index contributed by atoms with van der Waals surface area (Å²) in [6.45, 7) is 5.60. The molecule has 0 aliphatic carbocycles. The summed E-state index contributed by atoms with van der Waals surface area (Å²) in [5, 5.41) is 1.18. The van der Waals surface area contributed by atoms with E-state index in [1.807, 2.05) is 40.1 Å². The van der Waals surface area contributed by atoms with Gasteiger partial charge in [-0.1, -0.05) is 30.0 Å². The lowest BCUT2D eigenvalue weighted by atomic mass is 10.0. The first-order valence-corrected chi connectivity index (χ1v) is 13.5. The number of rotatable bonds is 4. The molecule has 0 unspecified atom stereocenters. The molecule has 2 amide bonds. The number of carbonyl (C=O) groups is 2. The number of thiophene rings is 1. The Bertz CT molecular complexity index is 1300. The fraction of sp³-hybridized carbons (Fsp3) is 0.440. The highest BCUT2D eigenvalue weighted by Crippen LogP contribution is 2.34. The van der Waals surface area contributed by atoms with Gasteiger partial charge in [-0.05, 0) is 50.3 Å². The van der Waals surface area contributed by atoms with Gasteiger partial charge in [0.1, 0.15) is 4.83 Å². The molecule has 1 saturated heterocycles. The maximum atomic E-state index is 13.8. The first kappa shape index (κ1) is 23.1. The molecule has 1 atom stereocenters. The van der Waals surface area contributed by atoms with Crippen molar-refractivity contribution < 1.29 is 9.59 Å². The third-order valence-electron chi connectivity index (χ3n) is 6.75. The second-order valence-corrected chi connectivity index (χ2v) is 11.0. The van der Waals surface area contributed by atoms with Crippen molar-refractivity contribution >= 4 is 45.1 Å². The van der Waals surface area contributed by atoms with E-state index in [0.717, 1.165) is 41.9 Å². The van der Waals surface area contributed by atoms with Crippen LogP contribution in [0.25, 0.3) is 15.9 Å². The van der Waals surface area contributed by atoms with Crippen LogP contribution in [0.2, 0.25) is 0 Å². The molecule has 0 radical (unpaired) electrons. The number of piperidine rings is 1. The summed E-state index contributed by atoms with van der Waals surface area (Å²) < 4.78 is 1.64. The summed E-state index contributed by atoms with van der Waals surface area (Å²) in [7, 11) is 0. The molecule has 0 bridgehead atoms. The summed E-state index contributed by atoms with van der Waals surface area (Å²) in [5.74, 6) is 0.381. The first-order valence-electron chi connectivity index (χ1n) is 11.7. The maximum Gasteiger partial charge on any atom is 0.267 e. The molecule has 0 spiro atoms. The molecule has 9 heteroatoms. The van der Waals surface area contributed by atoms with Crippen LogP contribution in [0.1, 0.15) is 43.6 Å². The highest BCUT2D eigenvalue weighted by molar-refractivity contribution is 7.99. The van der Waals surface area contributed by atoms with E-state index in [4.69, 9.17) is 4.98 Å². The molecule has 34 heavy (non-hydrogen) atoms. The van der Waals surface area contributed by atoms with Crippen molar-refractivity contribution in [3.05, 3.63) is 51.1 Å². The number of thioether (sulfide) groups is 1. The van der Waals surface area contributed by atoms with E-state index in [-0.39, 0.29) is 29.2 Å². The van der Waals surface area contributed by atoms with Crippen molar-refractivity contribution in [3.63, 3.8) is 0 Å². The largest absolute Gasteiger partial charge is 0.339 e. The summed E-state index contributed by atoms with van der Waals surface area (Å²) >= 11 is 2.82. The number of likely N-dealkylation sites (tertiary alicyclic amines) is 1. The topological polar surface area (TPSA) is 75.5 Å². The van der Waals surface area contributed by atoms with Crippen molar-refractivity contribution in [2.24, 2.45) is 0 Å². The van der Waals surface area contributed by atoms with Gasteiger partial charge in [-0.3, -0.25) is 19.0 Å². The number of nitrogens with zero attached hydrogens (tertiary/aromatic N) is 4. The van der Waals surface area contributed by atoms with Crippen LogP contribution in [0.5, 0.6) is 0 Å². The van der Waals surface area contributed by atoms with E-state index in [1.165, 1.54) is 23.1 Å². The van der Waals surface area contributed by atoms with Crippen LogP contribution in [0.3, 0.4) is 0 Å². The Morgan fingerprint density at radius 2 is 1.97 bits per heavy atom. The van der Waals surface area contributed by atoms with E-state index >= 15 is 0 Å². The van der Waals surface area contributed by atoms with Gasteiger partial charge in [0.05, 0.1) is 23.4 Å². The normalized spacial score (nSPS) is 18.2. The molecule has 0 N–H and O–H groups in total. The number of amides is 2.